The van der Waals surface area contributed by atoms with Gasteiger partial charge in [0.05, 0.1) is 11.2 Å². The summed E-state index contributed by atoms with van der Waals surface area (Å²) in [6.45, 7) is 7.17. The third-order valence-corrected chi connectivity index (χ3v) is 2.40. The summed E-state index contributed by atoms with van der Waals surface area (Å²) in [6.07, 6.45) is 4.39. The number of halogens is 1. The predicted molar refractivity (Wildman–Crippen MR) is 67.1 cm³/mol. The van der Waals surface area contributed by atoms with E-state index in [-0.39, 0.29) is 6.10 Å². The van der Waals surface area contributed by atoms with Crippen molar-refractivity contribution in [3.8, 4) is 5.75 Å². The van der Waals surface area contributed by atoms with Crippen molar-refractivity contribution in [3.63, 3.8) is 0 Å². The summed E-state index contributed by atoms with van der Waals surface area (Å²) in [4.78, 5) is 3.99. The molecule has 0 aliphatic carbocycles. The second-order valence-electron chi connectivity index (χ2n) is 4.05. The maximum atomic E-state index is 5.84. The molecule has 1 heterocycles. The van der Waals surface area contributed by atoms with Crippen molar-refractivity contribution in [2.45, 2.75) is 39.3 Å². The molecule has 0 radical (unpaired) electrons. The van der Waals surface area contributed by atoms with Gasteiger partial charge in [0.25, 0.3) is 0 Å². The number of pyridine rings is 1. The van der Waals surface area contributed by atoms with Crippen LogP contribution in [0.5, 0.6) is 5.75 Å². The highest BCUT2D eigenvalue weighted by Gasteiger charge is 2.08. The minimum absolute atomic E-state index is 0.155. The number of nitrogens with zero attached hydrogens (tertiary/aromatic N) is 1. The lowest BCUT2D eigenvalue weighted by Gasteiger charge is -2.19. The molecule has 0 fully saturated rings. The molecule has 0 aliphatic rings. The molecule has 16 heavy (non-hydrogen) atoms. The van der Waals surface area contributed by atoms with Crippen molar-refractivity contribution >= 4 is 11.6 Å². The number of aromatic nitrogens is 1. The summed E-state index contributed by atoms with van der Waals surface area (Å²) in [7, 11) is 0. The zero-order valence-electron chi connectivity index (χ0n) is 10.0. The Labute approximate surface area is 102 Å². The lowest BCUT2D eigenvalue weighted by atomic mass is 10.2. The van der Waals surface area contributed by atoms with E-state index in [2.05, 4.69) is 31.1 Å². The third-order valence-electron chi connectivity index (χ3n) is 2.19. The van der Waals surface area contributed by atoms with Gasteiger partial charge in [0.1, 0.15) is 11.9 Å². The Hall–Kier alpha value is -0.800. The molecule has 1 atom stereocenters. The molecule has 1 rings (SSSR count). The molecule has 1 unspecified atom stereocenters. The van der Waals surface area contributed by atoms with Gasteiger partial charge in [-0.3, -0.25) is 4.98 Å². The minimum atomic E-state index is 0.155. The Kier molecular flexibility index (Phi) is 5.56. The Morgan fingerprint density at radius 3 is 2.75 bits per heavy atom. The van der Waals surface area contributed by atoms with E-state index in [9.17, 15) is 0 Å². The van der Waals surface area contributed by atoms with Crippen LogP contribution in [-0.2, 0) is 0 Å². The fourth-order valence-electron chi connectivity index (χ4n) is 1.29. The van der Waals surface area contributed by atoms with Crippen LogP contribution in [0.25, 0.3) is 0 Å². The van der Waals surface area contributed by atoms with Gasteiger partial charge >= 0.3 is 0 Å². The van der Waals surface area contributed by atoms with Gasteiger partial charge in [-0.25, -0.2) is 0 Å². The van der Waals surface area contributed by atoms with Crippen LogP contribution >= 0.6 is 11.6 Å². The minimum Gasteiger partial charge on any atom is -0.487 e. The average Bonchev–Trinajstić information content (AvgIpc) is 2.24. The first-order valence-corrected chi connectivity index (χ1v) is 6.00. The van der Waals surface area contributed by atoms with E-state index in [0.29, 0.717) is 11.1 Å². The molecule has 1 aromatic rings. The van der Waals surface area contributed by atoms with Crippen molar-refractivity contribution in [2.75, 3.05) is 6.54 Å². The number of rotatable bonds is 6. The van der Waals surface area contributed by atoms with Crippen LogP contribution in [0.3, 0.4) is 0 Å². The Morgan fingerprint density at radius 2 is 2.19 bits per heavy atom. The van der Waals surface area contributed by atoms with Gasteiger partial charge in [0.15, 0.2) is 0 Å². The summed E-state index contributed by atoms with van der Waals surface area (Å²) >= 11 is 5.84. The third kappa shape index (κ3) is 4.81. The Bertz CT molecular complexity index is 318. The fraction of sp³-hybridized carbons (Fsp3) is 0.583. The van der Waals surface area contributed by atoms with E-state index in [4.69, 9.17) is 16.3 Å². The smallest absolute Gasteiger partial charge is 0.139 e. The van der Waals surface area contributed by atoms with E-state index in [0.717, 1.165) is 18.7 Å². The maximum Gasteiger partial charge on any atom is 0.139 e. The van der Waals surface area contributed by atoms with Crippen LogP contribution in [0, 0.1) is 0 Å². The van der Waals surface area contributed by atoms with Crippen molar-refractivity contribution in [1.29, 1.82) is 0 Å². The predicted octanol–water partition coefficient (Wildman–Crippen LogP) is 2.89. The van der Waals surface area contributed by atoms with Crippen LogP contribution < -0.4 is 10.1 Å². The molecule has 0 saturated carbocycles. The summed E-state index contributed by atoms with van der Waals surface area (Å²) in [5.74, 6) is 0.727. The molecule has 1 aromatic heterocycles. The van der Waals surface area contributed by atoms with Crippen LogP contribution in [-0.4, -0.2) is 23.7 Å². The Morgan fingerprint density at radius 1 is 1.44 bits per heavy atom. The van der Waals surface area contributed by atoms with Gasteiger partial charge in [0.2, 0.25) is 0 Å². The van der Waals surface area contributed by atoms with Gasteiger partial charge in [-0.1, -0.05) is 32.4 Å². The van der Waals surface area contributed by atoms with Crippen molar-refractivity contribution < 1.29 is 4.74 Å². The number of hydrogen-bond donors (Lipinski definition) is 1. The molecule has 0 saturated heterocycles. The molecule has 0 amide bonds. The SMILES string of the molecule is CCC(CNC(C)C)Oc1cncc(Cl)c1. The fourth-order valence-corrected chi connectivity index (χ4v) is 1.45. The van der Waals surface area contributed by atoms with Gasteiger partial charge in [0, 0.05) is 24.8 Å². The first-order chi connectivity index (χ1) is 7.61. The molecule has 0 aromatic carbocycles. The molecule has 0 bridgehead atoms. The van der Waals surface area contributed by atoms with Crippen LogP contribution in [0.1, 0.15) is 27.2 Å². The van der Waals surface area contributed by atoms with Crippen LogP contribution in [0.15, 0.2) is 18.5 Å². The largest absolute Gasteiger partial charge is 0.487 e. The van der Waals surface area contributed by atoms with Gasteiger partial charge < -0.3 is 10.1 Å². The molecule has 0 aliphatic heterocycles. The first kappa shape index (κ1) is 13.3. The van der Waals surface area contributed by atoms with Gasteiger partial charge in [-0.15, -0.1) is 0 Å². The van der Waals surface area contributed by atoms with Crippen LogP contribution in [0.2, 0.25) is 5.02 Å². The van der Waals surface area contributed by atoms with Crippen molar-refractivity contribution in [3.05, 3.63) is 23.5 Å². The Balaban J connectivity index is 2.49. The number of nitrogens with one attached hydrogen (secondary N) is 1. The molecule has 3 nitrogen and oxygen atoms in total. The molecular weight excluding hydrogens is 224 g/mol. The van der Waals surface area contributed by atoms with E-state index in [1.165, 1.54) is 0 Å². The first-order valence-electron chi connectivity index (χ1n) is 5.62. The zero-order valence-corrected chi connectivity index (χ0v) is 10.8. The highest BCUT2D eigenvalue weighted by atomic mass is 35.5. The van der Waals surface area contributed by atoms with E-state index in [1.54, 1.807) is 18.5 Å². The highest BCUT2D eigenvalue weighted by Crippen LogP contribution is 2.17. The van der Waals surface area contributed by atoms with Crippen LogP contribution in [0.4, 0.5) is 0 Å². The van der Waals surface area contributed by atoms with Crippen molar-refractivity contribution in [1.82, 2.24) is 10.3 Å². The zero-order chi connectivity index (χ0) is 12.0. The summed E-state index contributed by atoms with van der Waals surface area (Å²) in [6, 6.07) is 2.25. The van der Waals surface area contributed by atoms with E-state index < -0.39 is 0 Å². The monoisotopic (exact) mass is 242 g/mol. The number of hydrogen-bond acceptors (Lipinski definition) is 3. The lowest BCUT2D eigenvalue weighted by Crippen LogP contribution is -2.34. The molecule has 1 N–H and O–H groups in total. The molecule has 90 valence electrons. The second-order valence-corrected chi connectivity index (χ2v) is 4.49. The standard InChI is InChI=1S/C12H19ClN2O/c1-4-11(8-15-9(2)3)16-12-5-10(13)6-14-7-12/h5-7,9,11,15H,4,8H2,1-3H3. The van der Waals surface area contributed by atoms with Gasteiger partial charge in [-0.2, -0.15) is 0 Å². The molecule has 4 heteroatoms. The molecular formula is C12H19ClN2O. The topological polar surface area (TPSA) is 34.1 Å². The van der Waals surface area contributed by atoms with Gasteiger partial charge in [-0.05, 0) is 6.42 Å². The highest BCUT2D eigenvalue weighted by molar-refractivity contribution is 6.30. The van der Waals surface area contributed by atoms with Crippen molar-refractivity contribution in [2.24, 2.45) is 0 Å². The quantitative estimate of drug-likeness (QED) is 0.833. The summed E-state index contributed by atoms with van der Waals surface area (Å²) in [5, 5.41) is 3.95. The van der Waals surface area contributed by atoms with E-state index >= 15 is 0 Å². The lowest BCUT2D eigenvalue weighted by molar-refractivity contribution is 0.189. The normalized spacial score (nSPS) is 12.8. The second kappa shape index (κ2) is 6.71. The average molecular weight is 243 g/mol. The summed E-state index contributed by atoms with van der Waals surface area (Å²) in [5.41, 5.74) is 0. The number of ether oxygens (including phenoxy) is 1. The molecule has 0 spiro atoms. The maximum absolute atomic E-state index is 5.84. The summed E-state index contributed by atoms with van der Waals surface area (Å²) < 4.78 is 5.79. The van der Waals surface area contributed by atoms with E-state index in [1.807, 2.05) is 0 Å².